The van der Waals surface area contributed by atoms with E-state index in [1.54, 1.807) is 12.1 Å². The van der Waals surface area contributed by atoms with Gasteiger partial charge in [0, 0.05) is 18.8 Å². The molecule has 0 fully saturated rings. The Morgan fingerprint density at radius 2 is 1.95 bits per heavy atom. The van der Waals surface area contributed by atoms with Crippen molar-refractivity contribution in [2.75, 3.05) is 30.8 Å². The largest absolute Gasteiger partial charge is 0.508 e. The molecule has 0 bridgehead atoms. The fraction of sp³-hybridized carbons (Fsp3) is 0.200. The topological polar surface area (TPSA) is 58.7 Å². The van der Waals surface area contributed by atoms with Crippen LogP contribution in [0.15, 0.2) is 48.5 Å². The van der Waals surface area contributed by atoms with Crippen molar-refractivity contribution in [2.45, 2.75) is 0 Å². The lowest BCUT2D eigenvalue weighted by molar-refractivity contribution is 0.327. The van der Waals surface area contributed by atoms with E-state index in [0.717, 1.165) is 5.69 Å². The number of aromatic hydroxyl groups is 1. The predicted molar refractivity (Wildman–Crippen MR) is 77.7 cm³/mol. The number of hydrogen-bond acceptors (Lipinski definition) is 4. The van der Waals surface area contributed by atoms with E-state index in [9.17, 15) is 5.11 Å². The van der Waals surface area contributed by atoms with E-state index < -0.39 is 0 Å². The molecule has 19 heavy (non-hydrogen) atoms. The molecule has 0 radical (unpaired) electrons. The predicted octanol–water partition coefficient (Wildman–Crippen LogP) is 2.49. The molecule has 4 heteroatoms. The lowest BCUT2D eigenvalue weighted by atomic mass is 10.3. The maximum Gasteiger partial charge on any atom is 0.142 e. The molecule has 0 saturated heterocycles. The maximum atomic E-state index is 9.43. The summed E-state index contributed by atoms with van der Waals surface area (Å²) in [6.07, 6.45) is 0. The molecule has 4 nitrogen and oxygen atoms in total. The van der Waals surface area contributed by atoms with Crippen LogP contribution in [-0.2, 0) is 0 Å². The van der Waals surface area contributed by atoms with Gasteiger partial charge in [-0.25, -0.2) is 0 Å². The minimum atomic E-state index is 0.262. The molecule has 0 aliphatic rings. The minimum Gasteiger partial charge on any atom is -0.508 e. The van der Waals surface area contributed by atoms with E-state index in [2.05, 4.69) is 0 Å². The van der Waals surface area contributed by atoms with Crippen molar-refractivity contribution < 1.29 is 9.84 Å². The van der Waals surface area contributed by atoms with E-state index in [4.69, 9.17) is 10.5 Å². The smallest absolute Gasteiger partial charge is 0.142 e. The second kappa shape index (κ2) is 6.00. The first kappa shape index (κ1) is 13.1. The Balaban J connectivity index is 1.88. The average Bonchev–Trinajstić information content (AvgIpc) is 2.41. The second-order valence-corrected chi connectivity index (χ2v) is 4.33. The summed E-state index contributed by atoms with van der Waals surface area (Å²) in [7, 11) is 1.95. The van der Waals surface area contributed by atoms with E-state index >= 15 is 0 Å². The number of nitrogens with zero attached hydrogens (tertiary/aromatic N) is 1. The molecule has 2 rings (SSSR count). The molecule has 100 valence electrons. The Morgan fingerprint density at radius 1 is 1.16 bits per heavy atom. The van der Waals surface area contributed by atoms with Crippen molar-refractivity contribution in [3.05, 3.63) is 48.5 Å². The number of nitrogen functional groups attached to an aromatic ring is 1. The van der Waals surface area contributed by atoms with Crippen LogP contribution in [0, 0.1) is 0 Å². The normalized spacial score (nSPS) is 10.2. The zero-order valence-corrected chi connectivity index (χ0v) is 10.9. The van der Waals surface area contributed by atoms with E-state index in [1.807, 2.05) is 48.3 Å². The highest BCUT2D eigenvalue weighted by atomic mass is 16.5. The number of nitrogens with two attached hydrogens (primary N) is 1. The number of benzene rings is 2. The first-order valence-corrected chi connectivity index (χ1v) is 6.14. The fourth-order valence-electron chi connectivity index (χ4n) is 1.76. The molecular formula is C15H18N2O2. The van der Waals surface area contributed by atoms with Crippen molar-refractivity contribution in [2.24, 2.45) is 0 Å². The summed E-state index contributed by atoms with van der Waals surface area (Å²) in [4.78, 5) is 2.01. The summed E-state index contributed by atoms with van der Waals surface area (Å²) in [5.74, 6) is 0.962. The van der Waals surface area contributed by atoms with Gasteiger partial charge in [-0.05, 0) is 24.3 Å². The van der Waals surface area contributed by atoms with Gasteiger partial charge in [0.05, 0.1) is 12.2 Å². The van der Waals surface area contributed by atoms with Gasteiger partial charge in [-0.15, -0.1) is 0 Å². The molecule has 0 atom stereocenters. The van der Waals surface area contributed by atoms with Crippen LogP contribution >= 0.6 is 0 Å². The van der Waals surface area contributed by atoms with Gasteiger partial charge in [-0.3, -0.25) is 0 Å². The molecule has 0 aromatic heterocycles. The first-order valence-electron chi connectivity index (χ1n) is 6.14. The number of hydrogen-bond donors (Lipinski definition) is 2. The standard InChI is InChI=1S/C15H18N2O2/c1-17(12-5-4-6-13(18)11-12)9-10-19-15-8-3-2-7-14(15)16/h2-8,11,18H,9-10,16H2,1H3. The second-order valence-electron chi connectivity index (χ2n) is 4.33. The highest BCUT2D eigenvalue weighted by Crippen LogP contribution is 2.21. The van der Waals surface area contributed by atoms with Crippen molar-refractivity contribution in [3.8, 4) is 11.5 Å². The third kappa shape index (κ3) is 3.55. The molecule has 0 saturated carbocycles. The number of phenols is 1. The number of ether oxygens (including phenoxy) is 1. The number of para-hydroxylation sites is 2. The Labute approximate surface area is 113 Å². The fourth-order valence-corrected chi connectivity index (χ4v) is 1.76. The summed E-state index contributed by atoms with van der Waals surface area (Å²) in [5, 5.41) is 9.43. The Morgan fingerprint density at radius 3 is 2.68 bits per heavy atom. The summed E-state index contributed by atoms with van der Waals surface area (Å²) in [6, 6.07) is 14.6. The van der Waals surface area contributed by atoms with Gasteiger partial charge in [0.15, 0.2) is 0 Å². The van der Waals surface area contributed by atoms with Crippen molar-refractivity contribution in [3.63, 3.8) is 0 Å². The monoisotopic (exact) mass is 258 g/mol. The summed E-state index contributed by atoms with van der Waals surface area (Å²) < 4.78 is 5.63. The summed E-state index contributed by atoms with van der Waals surface area (Å²) >= 11 is 0. The molecule has 2 aromatic carbocycles. The molecule has 2 aromatic rings. The van der Waals surface area contributed by atoms with Crippen LogP contribution < -0.4 is 15.4 Å². The highest BCUT2D eigenvalue weighted by molar-refractivity contribution is 5.52. The molecule has 0 unspecified atom stereocenters. The molecule has 0 heterocycles. The van der Waals surface area contributed by atoms with Gasteiger partial charge < -0.3 is 20.5 Å². The van der Waals surface area contributed by atoms with Crippen molar-refractivity contribution in [1.82, 2.24) is 0 Å². The third-order valence-electron chi connectivity index (χ3n) is 2.87. The van der Waals surface area contributed by atoms with Gasteiger partial charge in [0.25, 0.3) is 0 Å². The van der Waals surface area contributed by atoms with Crippen LogP contribution in [0.25, 0.3) is 0 Å². The molecule has 3 N–H and O–H groups in total. The highest BCUT2D eigenvalue weighted by Gasteiger charge is 2.03. The lowest BCUT2D eigenvalue weighted by Gasteiger charge is -2.19. The molecular weight excluding hydrogens is 240 g/mol. The Hall–Kier alpha value is -2.36. The average molecular weight is 258 g/mol. The molecule has 0 amide bonds. The zero-order chi connectivity index (χ0) is 13.7. The SMILES string of the molecule is CN(CCOc1ccccc1N)c1cccc(O)c1. The van der Waals surface area contributed by atoms with Gasteiger partial charge in [0.1, 0.15) is 18.1 Å². The van der Waals surface area contributed by atoms with Crippen molar-refractivity contribution in [1.29, 1.82) is 0 Å². The third-order valence-corrected chi connectivity index (χ3v) is 2.87. The van der Waals surface area contributed by atoms with Crippen LogP contribution in [-0.4, -0.2) is 25.3 Å². The summed E-state index contributed by atoms with van der Waals surface area (Å²) in [5.41, 5.74) is 7.39. The molecule has 0 aliphatic heterocycles. The summed E-state index contributed by atoms with van der Waals surface area (Å²) in [6.45, 7) is 1.23. The van der Waals surface area contributed by atoms with E-state index in [1.165, 1.54) is 0 Å². The van der Waals surface area contributed by atoms with Crippen LogP contribution in [0.5, 0.6) is 11.5 Å². The lowest BCUT2D eigenvalue weighted by Crippen LogP contribution is -2.23. The Bertz CT molecular complexity index is 543. The number of phenolic OH excluding ortho intramolecular Hbond substituents is 1. The quantitative estimate of drug-likeness (QED) is 0.809. The van der Waals surface area contributed by atoms with Crippen LogP contribution in [0.3, 0.4) is 0 Å². The molecule has 0 aliphatic carbocycles. The van der Waals surface area contributed by atoms with Gasteiger partial charge in [-0.1, -0.05) is 18.2 Å². The maximum absolute atomic E-state index is 9.43. The van der Waals surface area contributed by atoms with Gasteiger partial charge >= 0.3 is 0 Å². The number of anilines is 2. The number of rotatable bonds is 5. The van der Waals surface area contributed by atoms with Gasteiger partial charge in [0.2, 0.25) is 0 Å². The zero-order valence-electron chi connectivity index (χ0n) is 10.9. The number of likely N-dealkylation sites (N-methyl/N-ethyl adjacent to an activating group) is 1. The van der Waals surface area contributed by atoms with Crippen molar-refractivity contribution >= 4 is 11.4 Å². The molecule has 0 spiro atoms. The first-order chi connectivity index (χ1) is 9.16. The Kier molecular flexibility index (Phi) is 4.13. The van der Waals surface area contributed by atoms with E-state index in [-0.39, 0.29) is 5.75 Å². The minimum absolute atomic E-state index is 0.262. The van der Waals surface area contributed by atoms with E-state index in [0.29, 0.717) is 24.6 Å². The van der Waals surface area contributed by atoms with Gasteiger partial charge in [-0.2, -0.15) is 0 Å². The van der Waals surface area contributed by atoms with Crippen LogP contribution in [0.2, 0.25) is 0 Å². The van der Waals surface area contributed by atoms with Crippen LogP contribution in [0.1, 0.15) is 0 Å². The van der Waals surface area contributed by atoms with Crippen LogP contribution in [0.4, 0.5) is 11.4 Å².